The van der Waals surface area contributed by atoms with Crippen molar-refractivity contribution >= 4 is 29.9 Å². The summed E-state index contributed by atoms with van der Waals surface area (Å²) in [6.07, 6.45) is 1.36. The van der Waals surface area contributed by atoms with Gasteiger partial charge in [0.1, 0.15) is 0 Å². The van der Waals surface area contributed by atoms with Crippen LogP contribution >= 0.6 is 24.0 Å². The van der Waals surface area contributed by atoms with E-state index in [-0.39, 0.29) is 24.7 Å². The first-order valence-electron chi connectivity index (χ1n) is 7.80. The number of methoxy groups -OCH3 is 2. The van der Waals surface area contributed by atoms with Crippen LogP contribution in [-0.2, 0) is 11.2 Å². The molecule has 2 aromatic rings. The molecule has 10 heteroatoms. The maximum absolute atomic E-state index is 11.7. The standard InChI is InChI=1S/C16H21ClN4O4.ClH/c1-23-12-9-10(8-11(17)15(12)24-2)16-20-14(25-21-16)5-4-13(22)19-7-3-6-18;/h8-9H,3-7,18H2,1-2H3,(H,19,22);1H. The molecule has 0 fully saturated rings. The number of carbonyl (C=O) groups excluding carboxylic acids is 1. The highest BCUT2D eigenvalue weighted by Gasteiger charge is 2.16. The largest absolute Gasteiger partial charge is 0.493 e. The fourth-order valence-electron chi connectivity index (χ4n) is 2.16. The predicted molar refractivity (Wildman–Crippen MR) is 100 cm³/mol. The molecule has 0 unspecified atom stereocenters. The van der Waals surface area contributed by atoms with E-state index in [9.17, 15) is 4.79 Å². The van der Waals surface area contributed by atoms with Crippen molar-refractivity contribution in [2.75, 3.05) is 27.3 Å². The zero-order valence-electron chi connectivity index (χ0n) is 14.6. The van der Waals surface area contributed by atoms with Crippen molar-refractivity contribution in [3.05, 3.63) is 23.0 Å². The molecule has 0 aliphatic rings. The quantitative estimate of drug-likeness (QED) is 0.615. The molecule has 1 aromatic carbocycles. The maximum atomic E-state index is 11.7. The van der Waals surface area contributed by atoms with Gasteiger partial charge in [-0.25, -0.2) is 0 Å². The number of nitrogens with two attached hydrogens (primary N) is 1. The molecule has 8 nitrogen and oxygen atoms in total. The molecule has 0 atom stereocenters. The molecule has 2 rings (SSSR count). The van der Waals surface area contributed by atoms with Crippen LogP contribution in [0.2, 0.25) is 5.02 Å². The predicted octanol–water partition coefficient (Wildman–Crippen LogP) is 2.23. The molecule has 0 aliphatic carbocycles. The van der Waals surface area contributed by atoms with Gasteiger partial charge in [-0.2, -0.15) is 4.98 Å². The molecular formula is C16H22Cl2N4O4. The Morgan fingerprint density at radius 3 is 2.77 bits per heavy atom. The molecule has 0 bridgehead atoms. The first kappa shape index (κ1) is 22.0. The average molecular weight is 405 g/mol. The van der Waals surface area contributed by atoms with Gasteiger partial charge in [-0.3, -0.25) is 4.79 Å². The Kier molecular flexibility index (Phi) is 9.18. The highest BCUT2D eigenvalue weighted by molar-refractivity contribution is 6.32. The summed E-state index contributed by atoms with van der Waals surface area (Å²) in [5.74, 6) is 1.56. The number of benzene rings is 1. The van der Waals surface area contributed by atoms with Gasteiger partial charge in [0.2, 0.25) is 17.6 Å². The first-order chi connectivity index (χ1) is 12.1. The normalized spacial score (nSPS) is 10.2. The molecule has 1 amide bonds. The van der Waals surface area contributed by atoms with Gasteiger partial charge in [-0.05, 0) is 25.1 Å². The summed E-state index contributed by atoms with van der Waals surface area (Å²) in [7, 11) is 3.03. The number of halogens is 2. The monoisotopic (exact) mass is 404 g/mol. The molecule has 26 heavy (non-hydrogen) atoms. The highest BCUT2D eigenvalue weighted by Crippen LogP contribution is 2.38. The van der Waals surface area contributed by atoms with Crippen LogP contribution in [0.3, 0.4) is 0 Å². The molecule has 1 heterocycles. The second-order valence-corrected chi connectivity index (χ2v) is 5.60. The van der Waals surface area contributed by atoms with E-state index in [1.807, 2.05) is 0 Å². The van der Waals surface area contributed by atoms with Gasteiger partial charge in [-0.1, -0.05) is 16.8 Å². The number of aromatic nitrogens is 2. The Hall–Kier alpha value is -2.03. The number of hydrogen-bond acceptors (Lipinski definition) is 7. The number of nitrogens with one attached hydrogen (secondary N) is 1. The van der Waals surface area contributed by atoms with Gasteiger partial charge in [0.15, 0.2) is 11.5 Å². The van der Waals surface area contributed by atoms with Crippen molar-refractivity contribution in [2.45, 2.75) is 19.3 Å². The Morgan fingerprint density at radius 1 is 1.35 bits per heavy atom. The number of ether oxygens (including phenoxy) is 2. The minimum Gasteiger partial charge on any atom is -0.493 e. The first-order valence-corrected chi connectivity index (χ1v) is 8.18. The molecule has 0 radical (unpaired) electrons. The van der Waals surface area contributed by atoms with Crippen molar-refractivity contribution in [1.82, 2.24) is 15.5 Å². The van der Waals surface area contributed by atoms with Crippen molar-refractivity contribution in [1.29, 1.82) is 0 Å². The Labute approximate surface area is 162 Å². The summed E-state index contributed by atoms with van der Waals surface area (Å²) in [4.78, 5) is 16.0. The van der Waals surface area contributed by atoms with E-state index in [1.165, 1.54) is 14.2 Å². The van der Waals surface area contributed by atoms with Crippen molar-refractivity contribution < 1.29 is 18.8 Å². The lowest BCUT2D eigenvalue weighted by atomic mass is 10.2. The molecule has 3 N–H and O–H groups in total. The highest BCUT2D eigenvalue weighted by atomic mass is 35.5. The number of nitrogens with zero attached hydrogens (tertiary/aromatic N) is 2. The molecule has 0 spiro atoms. The lowest BCUT2D eigenvalue weighted by Crippen LogP contribution is -2.26. The fraction of sp³-hybridized carbons (Fsp3) is 0.438. The third-order valence-electron chi connectivity index (χ3n) is 3.43. The smallest absolute Gasteiger partial charge is 0.227 e. The Balaban J connectivity index is 0.00000338. The number of rotatable bonds is 9. The molecule has 144 valence electrons. The summed E-state index contributed by atoms with van der Waals surface area (Å²) < 4.78 is 15.6. The van der Waals surface area contributed by atoms with Crippen LogP contribution < -0.4 is 20.5 Å². The van der Waals surface area contributed by atoms with Gasteiger partial charge < -0.3 is 25.0 Å². The number of aryl methyl sites for hydroxylation is 1. The zero-order valence-corrected chi connectivity index (χ0v) is 16.2. The summed E-state index contributed by atoms with van der Waals surface area (Å²) >= 11 is 6.18. The third-order valence-corrected chi connectivity index (χ3v) is 3.71. The van der Waals surface area contributed by atoms with Gasteiger partial charge in [0.05, 0.1) is 19.2 Å². The summed E-state index contributed by atoms with van der Waals surface area (Å²) in [6.45, 7) is 1.11. The minimum atomic E-state index is -0.0811. The van der Waals surface area contributed by atoms with Crippen LogP contribution in [0.4, 0.5) is 0 Å². The lowest BCUT2D eigenvalue weighted by Gasteiger charge is -2.10. The van der Waals surface area contributed by atoms with Crippen LogP contribution in [0.25, 0.3) is 11.4 Å². The number of hydrogen-bond donors (Lipinski definition) is 2. The molecular weight excluding hydrogens is 383 g/mol. The third kappa shape index (κ3) is 5.76. The van der Waals surface area contributed by atoms with Crippen LogP contribution in [0.1, 0.15) is 18.7 Å². The van der Waals surface area contributed by atoms with E-state index >= 15 is 0 Å². The van der Waals surface area contributed by atoms with E-state index in [0.29, 0.717) is 53.3 Å². The molecule has 0 aliphatic heterocycles. The van der Waals surface area contributed by atoms with E-state index in [2.05, 4.69) is 15.5 Å². The molecule has 0 saturated heterocycles. The molecule has 1 aromatic heterocycles. The summed E-state index contributed by atoms with van der Waals surface area (Å²) in [6, 6.07) is 3.37. The summed E-state index contributed by atoms with van der Waals surface area (Å²) in [5.41, 5.74) is 6.01. The van der Waals surface area contributed by atoms with E-state index in [1.54, 1.807) is 12.1 Å². The van der Waals surface area contributed by atoms with E-state index in [4.69, 9.17) is 31.3 Å². The van der Waals surface area contributed by atoms with Gasteiger partial charge in [0.25, 0.3) is 0 Å². The van der Waals surface area contributed by atoms with Crippen molar-refractivity contribution in [2.24, 2.45) is 5.73 Å². The lowest BCUT2D eigenvalue weighted by molar-refractivity contribution is -0.121. The van der Waals surface area contributed by atoms with Crippen LogP contribution in [0, 0.1) is 0 Å². The van der Waals surface area contributed by atoms with E-state index in [0.717, 1.165) is 6.42 Å². The number of amides is 1. The number of carbonyl (C=O) groups is 1. The van der Waals surface area contributed by atoms with Crippen LogP contribution in [-0.4, -0.2) is 43.4 Å². The summed E-state index contributed by atoms with van der Waals surface area (Å²) in [5, 5.41) is 7.07. The van der Waals surface area contributed by atoms with E-state index < -0.39 is 0 Å². The van der Waals surface area contributed by atoms with Gasteiger partial charge in [-0.15, -0.1) is 12.4 Å². The SMILES string of the molecule is COc1cc(-c2noc(CCC(=O)NCCCN)n2)cc(Cl)c1OC.Cl. The van der Waals surface area contributed by atoms with Gasteiger partial charge >= 0.3 is 0 Å². The topological polar surface area (TPSA) is 112 Å². The fourth-order valence-corrected chi connectivity index (χ4v) is 2.45. The van der Waals surface area contributed by atoms with Gasteiger partial charge in [0, 0.05) is 24.9 Å². The Bertz CT molecular complexity index is 724. The zero-order chi connectivity index (χ0) is 18.2. The van der Waals surface area contributed by atoms with Crippen molar-refractivity contribution in [3.8, 4) is 22.9 Å². The average Bonchev–Trinajstić information content (AvgIpc) is 3.08. The Morgan fingerprint density at radius 2 is 2.12 bits per heavy atom. The second kappa shape index (κ2) is 10.8. The van der Waals surface area contributed by atoms with Crippen molar-refractivity contribution in [3.63, 3.8) is 0 Å². The maximum Gasteiger partial charge on any atom is 0.227 e. The minimum absolute atomic E-state index is 0. The molecule has 0 saturated carbocycles. The van der Waals surface area contributed by atoms with Crippen LogP contribution in [0.5, 0.6) is 11.5 Å². The van der Waals surface area contributed by atoms with Crippen LogP contribution in [0.15, 0.2) is 16.7 Å². The second-order valence-electron chi connectivity index (χ2n) is 5.20.